The number of rotatable bonds is 4. The SMILES string of the molecule is CC(C)C(C(=O)O)N(C)S(C)(=O)=O. The summed E-state index contributed by atoms with van der Waals surface area (Å²) in [5.41, 5.74) is 0. The van der Waals surface area contributed by atoms with Crippen molar-refractivity contribution in [3.05, 3.63) is 0 Å². The molecule has 0 bridgehead atoms. The Morgan fingerprint density at radius 3 is 1.85 bits per heavy atom. The molecule has 13 heavy (non-hydrogen) atoms. The van der Waals surface area contributed by atoms with E-state index in [0.29, 0.717) is 0 Å². The summed E-state index contributed by atoms with van der Waals surface area (Å²) in [7, 11) is -2.17. The fourth-order valence-electron chi connectivity index (χ4n) is 1.07. The normalized spacial score (nSPS) is 14.9. The lowest BCUT2D eigenvalue weighted by atomic mass is 10.1. The molecule has 0 amide bonds. The van der Waals surface area contributed by atoms with Crippen LogP contribution < -0.4 is 0 Å². The molecule has 0 radical (unpaired) electrons. The van der Waals surface area contributed by atoms with Gasteiger partial charge in [0.05, 0.1) is 6.26 Å². The third-order valence-corrected chi connectivity index (χ3v) is 3.07. The minimum Gasteiger partial charge on any atom is -0.480 e. The molecule has 0 aliphatic carbocycles. The molecule has 0 aromatic rings. The molecule has 0 aromatic heterocycles. The van der Waals surface area contributed by atoms with E-state index in [2.05, 4.69) is 0 Å². The topological polar surface area (TPSA) is 74.7 Å². The second-order valence-electron chi connectivity index (χ2n) is 3.31. The van der Waals surface area contributed by atoms with Gasteiger partial charge in [-0.05, 0) is 5.92 Å². The lowest BCUT2D eigenvalue weighted by Gasteiger charge is -2.25. The summed E-state index contributed by atoms with van der Waals surface area (Å²) in [6.45, 7) is 3.33. The average Bonchev–Trinajstić information content (AvgIpc) is 1.82. The lowest BCUT2D eigenvalue weighted by Crippen LogP contribution is -2.45. The molecule has 1 N–H and O–H groups in total. The van der Waals surface area contributed by atoms with Gasteiger partial charge in [0.2, 0.25) is 10.0 Å². The Kier molecular flexibility index (Phi) is 3.87. The van der Waals surface area contributed by atoms with Crippen LogP contribution in [0.1, 0.15) is 13.8 Å². The van der Waals surface area contributed by atoms with Gasteiger partial charge in [0.25, 0.3) is 0 Å². The van der Waals surface area contributed by atoms with E-state index in [-0.39, 0.29) is 5.92 Å². The second-order valence-corrected chi connectivity index (χ2v) is 5.35. The zero-order chi connectivity index (χ0) is 10.8. The first-order chi connectivity index (χ1) is 5.68. The van der Waals surface area contributed by atoms with Crippen LogP contribution in [0.3, 0.4) is 0 Å². The van der Waals surface area contributed by atoms with Crippen LogP contribution in [0.4, 0.5) is 0 Å². The average molecular weight is 209 g/mol. The molecule has 0 heterocycles. The standard InChI is InChI=1S/C7H15NO4S/c1-5(2)6(7(9)10)8(3)13(4,11)12/h5-6H,1-4H3,(H,9,10). The zero-order valence-corrected chi connectivity index (χ0v) is 9.00. The van der Waals surface area contributed by atoms with Crippen LogP contribution in [0.2, 0.25) is 0 Å². The highest BCUT2D eigenvalue weighted by Crippen LogP contribution is 2.12. The van der Waals surface area contributed by atoms with Gasteiger partial charge < -0.3 is 5.11 Å². The van der Waals surface area contributed by atoms with Gasteiger partial charge in [0, 0.05) is 7.05 Å². The monoisotopic (exact) mass is 209 g/mol. The maximum absolute atomic E-state index is 11.0. The Hall–Kier alpha value is -0.620. The molecule has 0 aliphatic rings. The first-order valence-electron chi connectivity index (χ1n) is 3.83. The highest BCUT2D eigenvalue weighted by atomic mass is 32.2. The van der Waals surface area contributed by atoms with Crippen molar-refractivity contribution in [2.75, 3.05) is 13.3 Å². The maximum atomic E-state index is 11.0. The van der Waals surface area contributed by atoms with Crippen molar-refractivity contribution in [3.63, 3.8) is 0 Å². The van der Waals surface area contributed by atoms with E-state index in [1.807, 2.05) is 0 Å². The van der Waals surface area contributed by atoms with Gasteiger partial charge in [-0.2, -0.15) is 4.31 Å². The predicted octanol–water partition coefficient (Wildman–Crippen LogP) is -0.0130. The fraction of sp³-hybridized carbons (Fsp3) is 0.857. The molecular weight excluding hydrogens is 194 g/mol. The summed E-state index contributed by atoms with van der Waals surface area (Å²) >= 11 is 0. The molecule has 78 valence electrons. The van der Waals surface area contributed by atoms with Gasteiger partial charge in [-0.15, -0.1) is 0 Å². The van der Waals surface area contributed by atoms with Crippen molar-refractivity contribution in [3.8, 4) is 0 Å². The van der Waals surface area contributed by atoms with Crippen molar-refractivity contribution in [1.82, 2.24) is 4.31 Å². The number of likely N-dealkylation sites (N-methyl/N-ethyl adjacent to an activating group) is 1. The predicted molar refractivity (Wildman–Crippen MR) is 48.9 cm³/mol. The summed E-state index contributed by atoms with van der Waals surface area (Å²) in [6.07, 6.45) is 0.991. The molecule has 0 aliphatic heterocycles. The fourth-order valence-corrected chi connectivity index (χ4v) is 1.81. The van der Waals surface area contributed by atoms with Crippen LogP contribution >= 0.6 is 0 Å². The van der Waals surface area contributed by atoms with Crippen LogP contribution in [-0.2, 0) is 14.8 Å². The molecule has 6 heteroatoms. The molecule has 0 spiro atoms. The minimum absolute atomic E-state index is 0.253. The third-order valence-electron chi connectivity index (χ3n) is 1.80. The number of sulfonamides is 1. The van der Waals surface area contributed by atoms with Crippen LogP contribution in [0.25, 0.3) is 0 Å². The zero-order valence-electron chi connectivity index (χ0n) is 8.18. The van der Waals surface area contributed by atoms with Crippen LogP contribution in [0, 0.1) is 5.92 Å². The first-order valence-corrected chi connectivity index (χ1v) is 5.68. The van der Waals surface area contributed by atoms with Gasteiger partial charge in [0.15, 0.2) is 0 Å². The summed E-state index contributed by atoms with van der Waals surface area (Å²) in [6, 6.07) is -0.991. The van der Waals surface area contributed by atoms with E-state index in [0.717, 1.165) is 10.6 Å². The first kappa shape index (κ1) is 12.4. The minimum atomic E-state index is -3.44. The second kappa shape index (κ2) is 4.06. The smallest absolute Gasteiger partial charge is 0.322 e. The molecule has 0 saturated carbocycles. The summed E-state index contributed by atoms with van der Waals surface area (Å²) in [5.74, 6) is -1.37. The van der Waals surface area contributed by atoms with Crippen LogP contribution in [-0.4, -0.2) is 43.1 Å². The van der Waals surface area contributed by atoms with Gasteiger partial charge in [-0.25, -0.2) is 8.42 Å². The van der Waals surface area contributed by atoms with E-state index >= 15 is 0 Å². The van der Waals surface area contributed by atoms with Crippen molar-refractivity contribution in [1.29, 1.82) is 0 Å². The number of hydrogen-bond acceptors (Lipinski definition) is 3. The molecule has 0 rings (SSSR count). The Morgan fingerprint density at radius 1 is 1.38 bits per heavy atom. The van der Waals surface area contributed by atoms with Crippen LogP contribution in [0.5, 0.6) is 0 Å². The molecule has 5 nitrogen and oxygen atoms in total. The van der Waals surface area contributed by atoms with E-state index in [1.54, 1.807) is 13.8 Å². The number of hydrogen-bond donors (Lipinski definition) is 1. The van der Waals surface area contributed by atoms with Crippen molar-refractivity contribution < 1.29 is 18.3 Å². The largest absolute Gasteiger partial charge is 0.480 e. The van der Waals surface area contributed by atoms with E-state index < -0.39 is 22.0 Å². The number of aliphatic carboxylic acids is 1. The Bertz CT molecular complexity index is 283. The molecule has 0 aromatic carbocycles. The quantitative estimate of drug-likeness (QED) is 0.706. The number of nitrogens with zero attached hydrogens (tertiary/aromatic N) is 1. The number of carboxylic acids is 1. The van der Waals surface area contributed by atoms with Gasteiger partial charge in [-0.1, -0.05) is 13.8 Å². The van der Waals surface area contributed by atoms with Gasteiger partial charge in [-0.3, -0.25) is 4.79 Å². The van der Waals surface area contributed by atoms with Crippen molar-refractivity contribution >= 4 is 16.0 Å². The molecular formula is C7H15NO4S. The van der Waals surface area contributed by atoms with Gasteiger partial charge in [0.1, 0.15) is 6.04 Å². The maximum Gasteiger partial charge on any atom is 0.322 e. The van der Waals surface area contributed by atoms with E-state index in [4.69, 9.17) is 5.11 Å². The Labute approximate surface area is 78.4 Å². The molecule has 1 unspecified atom stereocenters. The van der Waals surface area contributed by atoms with Crippen molar-refractivity contribution in [2.45, 2.75) is 19.9 Å². The van der Waals surface area contributed by atoms with Gasteiger partial charge >= 0.3 is 5.97 Å². The summed E-state index contributed by atoms with van der Waals surface area (Å²) in [5, 5.41) is 8.77. The summed E-state index contributed by atoms with van der Waals surface area (Å²) < 4.78 is 23.0. The number of carboxylic acid groups (broad SMARTS) is 1. The Balaban J connectivity index is 4.88. The van der Waals surface area contributed by atoms with E-state index in [9.17, 15) is 13.2 Å². The molecule has 0 saturated heterocycles. The summed E-state index contributed by atoms with van der Waals surface area (Å²) in [4.78, 5) is 10.7. The highest BCUT2D eigenvalue weighted by molar-refractivity contribution is 7.88. The van der Waals surface area contributed by atoms with Crippen LogP contribution in [0.15, 0.2) is 0 Å². The highest BCUT2D eigenvalue weighted by Gasteiger charge is 2.31. The van der Waals surface area contributed by atoms with E-state index in [1.165, 1.54) is 7.05 Å². The number of carbonyl (C=O) groups is 1. The molecule has 1 atom stereocenters. The molecule has 0 fully saturated rings. The van der Waals surface area contributed by atoms with Crippen molar-refractivity contribution in [2.24, 2.45) is 5.92 Å². The lowest BCUT2D eigenvalue weighted by molar-refractivity contribution is -0.142. The third kappa shape index (κ3) is 3.31. The Morgan fingerprint density at radius 2 is 1.77 bits per heavy atom.